The van der Waals surface area contributed by atoms with Gasteiger partial charge in [0.05, 0.1) is 36.1 Å². The van der Waals surface area contributed by atoms with Crippen molar-refractivity contribution in [1.29, 1.82) is 0 Å². The van der Waals surface area contributed by atoms with Crippen LogP contribution in [0.25, 0.3) is 5.69 Å². The van der Waals surface area contributed by atoms with Crippen molar-refractivity contribution < 1.29 is 9.53 Å². The Morgan fingerprint density at radius 3 is 2.88 bits per heavy atom. The number of aromatic nitrogens is 2. The van der Waals surface area contributed by atoms with E-state index in [0.717, 1.165) is 43.5 Å². The molecule has 2 aliphatic heterocycles. The Bertz CT molecular complexity index is 799. The molecule has 1 amide bonds. The Hall–Kier alpha value is -2.14. The Kier molecular flexibility index (Phi) is 3.63. The number of fused-ring (bicyclic) bond motifs is 3. The van der Waals surface area contributed by atoms with Gasteiger partial charge in [0.25, 0.3) is 0 Å². The van der Waals surface area contributed by atoms with Gasteiger partial charge >= 0.3 is 0 Å². The lowest BCUT2D eigenvalue weighted by Gasteiger charge is -2.17. The maximum Gasteiger partial charge on any atom is 0.226 e. The summed E-state index contributed by atoms with van der Waals surface area (Å²) in [6.07, 6.45) is 6.76. The molecule has 2 bridgehead atoms. The Morgan fingerprint density at radius 2 is 2.12 bits per heavy atom. The van der Waals surface area contributed by atoms with E-state index < -0.39 is 0 Å². The molecule has 3 heterocycles. The van der Waals surface area contributed by atoms with Crippen LogP contribution < -0.4 is 5.32 Å². The van der Waals surface area contributed by atoms with Gasteiger partial charge in [-0.05, 0) is 56.2 Å². The fourth-order valence-corrected chi connectivity index (χ4v) is 4.65. The van der Waals surface area contributed by atoms with Crippen LogP contribution >= 0.6 is 0 Å². The number of nitrogens with zero attached hydrogens (tertiary/aromatic N) is 2. The molecule has 2 fully saturated rings. The van der Waals surface area contributed by atoms with E-state index >= 15 is 0 Å². The number of hydrogen-bond acceptors (Lipinski definition) is 3. The minimum atomic E-state index is 0.0306. The van der Waals surface area contributed by atoms with Gasteiger partial charge in [0.15, 0.2) is 0 Å². The average molecular weight is 337 g/mol. The minimum Gasteiger partial charge on any atom is -0.374 e. The number of carbonyl (C=O) groups excluding carboxylic acids is 1. The number of amides is 1. The standard InChI is InChI=1S/C20H23N3O2/c24-20(16-11-14-9-10-19(16)25-14)21-12-17-15-7-4-8-18(15)23(22-17)13-5-2-1-3-6-13/h1-3,5-6,14,16,19H,4,7-12H2,(H,21,24)/t14-,16+,19-/m1/s1. The summed E-state index contributed by atoms with van der Waals surface area (Å²) in [6.45, 7) is 0.523. The summed E-state index contributed by atoms with van der Waals surface area (Å²) < 4.78 is 7.87. The maximum absolute atomic E-state index is 12.6. The number of nitrogens with one attached hydrogen (secondary N) is 1. The molecule has 1 aromatic carbocycles. The van der Waals surface area contributed by atoms with E-state index in [1.165, 1.54) is 17.7 Å². The van der Waals surface area contributed by atoms with Gasteiger partial charge in [0.2, 0.25) is 5.91 Å². The van der Waals surface area contributed by atoms with Crippen LogP contribution in [0.2, 0.25) is 0 Å². The van der Waals surface area contributed by atoms with Crippen molar-refractivity contribution in [3.63, 3.8) is 0 Å². The molecule has 2 aromatic rings. The van der Waals surface area contributed by atoms with E-state index in [0.29, 0.717) is 12.6 Å². The number of rotatable bonds is 4. The van der Waals surface area contributed by atoms with Gasteiger partial charge < -0.3 is 10.1 Å². The first-order valence-electron chi connectivity index (χ1n) is 9.38. The number of carbonyl (C=O) groups is 1. The average Bonchev–Trinajstić information content (AvgIpc) is 3.41. The molecule has 1 aromatic heterocycles. The Balaban J connectivity index is 1.34. The van der Waals surface area contributed by atoms with Crippen LogP contribution in [0.15, 0.2) is 30.3 Å². The van der Waals surface area contributed by atoms with Crippen LogP contribution in [-0.4, -0.2) is 27.9 Å². The van der Waals surface area contributed by atoms with Gasteiger partial charge in [-0.25, -0.2) is 4.68 Å². The van der Waals surface area contributed by atoms with Crippen LogP contribution in [-0.2, 0) is 28.9 Å². The molecule has 1 N–H and O–H groups in total. The number of para-hydroxylation sites is 1. The van der Waals surface area contributed by atoms with Gasteiger partial charge in [-0.1, -0.05) is 18.2 Å². The maximum atomic E-state index is 12.6. The lowest BCUT2D eigenvalue weighted by Crippen LogP contribution is -2.35. The molecule has 5 heteroatoms. The molecule has 25 heavy (non-hydrogen) atoms. The Labute approximate surface area is 147 Å². The van der Waals surface area contributed by atoms with E-state index in [1.807, 2.05) is 18.2 Å². The molecule has 0 radical (unpaired) electrons. The Morgan fingerprint density at radius 1 is 1.24 bits per heavy atom. The van der Waals surface area contributed by atoms with Gasteiger partial charge in [-0.15, -0.1) is 0 Å². The highest BCUT2D eigenvalue weighted by Crippen LogP contribution is 2.38. The van der Waals surface area contributed by atoms with E-state index in [2.05, 4.69) is 22.1 Å². The summed E-state index contributed by atoms with van der Waals surface area (Å²) in [5.74, 6) is 0.163. The van der Waals surface area contributed by atoms with Crippen molar-refractivity contribution in [3.8, 4) is 5.69 Å². The SMILES string of the molecule is O=C(NCc1nn(-c2ccccc2)c2c1CCC2)[C@H]1C[C@H]2CC[C@H]1O2. The van der Waals surface area contributed by atoms with Crippen LogP contribution in [0.5, 0.6) is 0 Å². The zero-order valence-corrected chi connectivity index (χ0v) is 14.3. The molecule has 0 unspecified atom stereocenters. The molecule has 1 aliphatic carbocycles. The normalized spacial score (nSPS) is 26.8. The van der Waals surface area contributed by atoms with E-state index in [4.69, 9.17) is 9.84 Å². The van der Waals surface area contributed by atoms with E-state index in [-0.39, 0.29) is 17.9 Å². The van der Waals surface area contributed by atoms with Gasteiger partial charge in [0, 0.05) is 5.69 Å². The van der Waals surface area contributed by atoms with Gasteiger partial charge in [0.1, 0.15) is 0 Å². The van der Waals surface area contributed by atoms with Crippen molar-refractivity contribution >= 4 is 5.91 Å². The first-order valence-corrected chi connectivity index (χ1v) is 9.38. The van der Waals surface area contributed by atoms with Crippen LogP contribution in [0.3, 0.4) is 0 Å². The second kappa shape index (κ2) is 5.99. The van der Waals surface area contributed by atoms with Crippen LogP contribution in [0, 0.1) is 5.92 Å². The molecule has 0 saturated carbocycles. The van der Waals surface area contributed by atoms with Crippen molar-refractivity contribution in [1.82, 2.24) is 15.1 Å². The van der Waals surface area contributed by atoms with Crippen molar-refractivity contribution in [2.75, 3.05) is 0 Å². The summed E-state index contributed by atoms with van der Waals surface area (Å²) in [4.78, 5) is 12.6. The molecule has 5 rings (SSSR count). The summed E-state index contributed by atoms with van der Waals surface area (Å²) in [5.41, 5.74) is 4.75. The van der Waals surface area contributed by atoms with Crippen molar-refractivity contribution in [2.45, 2.75) is 57.3 Å². The number of hydrogen-bond donors (Lipinski definition) is 1. The molecule has 0 spiro atoms. The third-order valence-electron chi connectivity index (χ3n) is 5.89. The van der Waals surface area contributed by atoms with Crippen LogP contribution in [0.1, 0.15) is 42.6 Å². The third-order valence-corrected chi connectivity index (χ3v) is 5.89. The summed E-state index contributed by atoms with van der Waals surface area (Å²) in [5, 5.41) is 7.94. The quantitative estimate of drug-likeness (QED) is 0.933. The molecule has 130 valence electrons. The molecule has 3 aliphatic rings. The fourth-order valence-electron chi connectivity index (χ4n) is 4.65. The van der Waals surface area contributed by atoms with Crippen molar-refractivity contribution in [3.05, 3.63) is 47.3 Å². The highest BCUT2D eigenvalue weighted by Gasteiger charge is 2.44. The zero-order chi connectivity index (χ0) is 16.8. The molecular weight excluding hydrogens is 314 g/mol. The van der Waals surface area contributed by atoms with Crippen molar-refractivity contribution in [2.24, 2.45) is 5.92 Å². The molecule has 3 atom stereocenters. The highest BCUT2D eigenvalue weighted by atomic mass is 16.5. The zero-order valence-electron chi connectivity index (χ0n) is 14.3. The number of ether oxygens (including phenoxy) is 1. The van der Waals surface area contributed by atoms with Gasteiger partial charge in [-0.2, -0.15) is 5.10 Å². The summed E-state index contributed by atoms with van der Waals surface area (Å²) >= 11 is 0. The predicted molar refractivity (Wildman–Crippen MR) is 93.4 cm³/mol. The largest absolute Gasteiger partial charge is 0.374 e. The molecule has 5 nitrogen and oxygen atoms in total. The predicted octanol–water partition coefficient (Wildman–Crippen LogP) is 2.54. The second-order valence-corrected chi connectivity index (χ2v) is 7.41. The molecule has 2 saturated heterocycles. The molecular formula is C20H23N3O2. The lowest BCUT2D eigenvalue weighted by atomic mass is 9.88. The van der Waals surface area contributed by atoms with Gasteiger partial charge in [-0.3, -0.25) is 4.79 Å². The number of benzene rings is 1. The fraction of sp³-hybridized carbons (Fsp3) is 0.500. The topological polar surface area (TPSA) is 56.2 Å². The summed E-state index contributed by atoms with van der Waals surface area (Å²) in [7, 11) is 0. The summed E-state index contributed by atoms with van der Waals surface area (Å²) in [6, 6.07) is 10.3. The minimum absolute atomic E-state index is 0.0306. The lowest BCUT2D eigenvalue weighted by molar-refractivity contribution is -0.126. The van der Waals surface area contributed by atoms with E-state index in [9.17, 15) is 4.79 Å². The van der Waals surface area contributed by atoms with E-state index in [1.54, 1.807) is 0 Å². The first kappa shape index (κ1) is 15.1. The monoisotopic (exact) mass is 337 g/mol. The van der Waals surface area contributed by atoms with Crippen LogP contribution in [0.4, 0.5) is 0 Å². The second-order valence-electron chi connectivity index (χ2n) is 7.41. The highest BCUT2D eigenvalue weighted by molar-refractivity contribution is 5.79. The first-order chi connectivity index (χ1) is 12.3. The smallest absolute Gasteiger partial charge is 0.226 e. The third kappa shape index (κ3) is 2.58.